The minimum Gasteiger partial charge on any atom is -0.380 e. The van der Waals surface area contributed by atoms with Crippen LogP contribution in [0.5, 0.6) is 0 Å². The second-order valence-corrected chi connectivity index (χ2v) is 5.93. The first-order valence-electron chi connectivity index (χ1n) is 7.80. The molecule has 1 atom stereocenters. The van der Waals surface area contributed by atoms with E-state index in [0.29, 0.717) is 13.2 Å². The number of ether oxygens (including phenoxy) is 2. The van der Waals surface area contributed by atoms with Crippen LogP contribution in [0.3, 0.4) is 0 Å². The summed E-state index contributed by atoms with van der Waals surface area (Å²) >= 11 is 0. The van der Waals surface area contributed by atoms with Gasteiger partial charge >= 0.3 is 0 Å². The van der Waals surface area contributed by atoms with Crippen LogP contribution in [0, 0.1) is 5.92 Å². The average Bonchev–Trinajstić information content (AvgIpc) is 3.29. The molecule has 1 aliphatic carbocycles. The van der Waals surface area contributed by atoms with Gasteiger partial charge in [0.05, 0.1) is 13.2 Å². The molecule has 118 valence electrons. The summed E-state index contributed by atoms with van der Waals surface area (Å²) in [6.07, 6.45) is 2.68. The van der Waals surface area contributed by atoms with Gasteiger partial charge in [0.1, 0.15) is 0 Å². The lowest BCUT2D eigenvalue weighted by Crippen LogP contribution is -2.33. The molecule has 0 aliphatic heterocycles. The van der Waals surface area contributed by atoms with Gasteiger partial charge in [-0.2, -0.15) is 0 Å². The molecular weight excluding hydrogens is 264 g/mol. The molecule has 2 N–H and O–H groups in total. The molecule has 0 radical (unpaired) electrons. The molecule has 21 heavy (non-hydrogen) atoms. The van der Waals surface area contributed by atoms with Gasteiger partial charge in [-0.25, -0.2) is 0 Å². The largest absolute Gasteiger partial charge is 0.380 e. The quantitative estimate of drug-likeness (QED) is 0.672. The van der Waals surface area contributed by atoms with E-state index in [-0.39, 0.29) is 6.04 Å². The van der Waals surface area contributed by atoms with Crippen molar-refractivity contribution in [2.45, 2.75) is 25.5 Å². The minimum absolute atomic E-state index is 0.228. The zero-order valence-corrected chi connectivity index (χ0v) is 13.3. The van der Waals surface area contributed by atoms with Crippen molar-refractivity contribution in [2.75, 3.05) is 40.5 Å². The lowest BCUT2D eigenvalue weighted by molar-refractivity contribution is 0.0922. The number of benzene rings is 1. The van der Waals surface area contributed by atoms with Crippen molar-refractivity contribution in [2.24, 2.45) is 11.7 Å². The Kier molecular flexibility index (Phi) is 6.64. The summed E-state index contributed by atoms with van der Waals surface area (Å²) in [7, 11) is 3.83. The topological polar surface area (TPSA) is 47.7 Å². The van der Waals surface area contributed by atoms with E-state index in [1.165, 1.54) is 24.0 Å². The fraction of sp³-hybridized carbons (Fsp3) is 0.647. The van der Waals surface area contributed by atoms with Crippen LogP contribution in [0.2, 0.25) is 0 Å². The summed E-state index contributed by atoms with van der Waals surface area (Å²) in [6.45, 7) is 3.85. The summed E-state index contributed by atoms with van der Waals surface area (Å²) in [6, 6.07) is 8.70. The van der Waals surface area contributed by atoms with Gasteiger partial charge in [-0.05, 0) is 36.9 Å². The Bertz CT molecular complexity index is 421. The normalized spacial score (nSPS) is 16.4. The van der Waals surface area contributed by atoms with Crippen molar-refractivity contribution in [3.8, 4) is 0 Å². The Hall–Kier alpha value is -0.940. The van der Waals surface area contributed by atoms with Crippen LogP contribution in [0.15, 0.2) is 24.3 Å². The molecular formula is C17H28N2O2. The third-order valence-electron chi connectivity index (χ3n) is 4.04. The zero-order valence-electron chi connectivity index (χ0n) is 13.3. The third-order valence-corrected chi connectivity index (χ3v) is 4.04. The maximum atomic E-state index is 5.98. The molecule has 0 saturated heterocycles. The van der Waals surface area contributed by atoms with Crippen molar-refractivity contribution in [3.63, 3.8) is 0 Å². The van der Waals surface area contributed by atoms with Crippen LogP contribution < -0.4 is 5.73 Å². The summed E-state index contributed by atoms with van der Waals surface area (Å²) in [4.78, 5) is 2.28. The summed E-state index contributed by atoms with van der Waals surface area (Å²) in [5.41, 5.74) is 8.41. The van der Waals surface area contributed by atoms with E-state index in [9.17, 15) is 0 Å². The highest BCUT2D eigenvalue weighted by atomic mass is 16.5. The zero-order chi connectivity index (χ0) is 15.1. The number of likely N-dealkylation sites (N-methyl/N-ethyl adjacent to an activating group) is 1. The van der Waals surface area contributed by atoms with Gasteiger partial charge in [0.15, 0.2) is 0 Å². The highest BCUT2D eigenvalue weighted by Crippen LogP contribution is 2.28. The molecule has 1 saturated carbocycles. The molecule has 0 amide bonds. The van der Waals surface area contributed by atoms with Crippen LogP contribution in [-0.4, -0.2) is 45.4 Å². The Labute approximate surface area is 128 Å². The lowest BCUT2D eigenvalue weighted by Gasteiger charge is -2.27. The number of nitrogens with zero attached hydrogens (tertiary/aromatic N) is 1. The number of hydrogen-bond acceptors (Lipinski definition) is 4. The maximum absolute atomic E-state index is 5.98. The lowest BCUT2D eigenvalue weighted by atomic mass is 10.0. The fourth-order valence-corrected chi connectivity index (χ4v) is 2.53. The highest BCUT2D eigenvalue weighted by Gasteiger charge is 2.21. The molecule has 2 rings (SSSR count). The van der Waals surface area contributed by atoms with Crippen LogP contribution in [-0.2, 0) is 16.1 Å². The molecule has 0 bridgehead atoms. The molecule has 0 spiro atoms. The van der Waals surface area contributed by atoms with E-state index in [2.05, 4.69) is 36.2 Å². The SMILES string of the molecule is COCc1cccc(C(CN)N(C)CCOCC2CC2)c1. The Morgan fingerprint density at radius 2 is 2.19 bits per heavy atom. The molecule has 4 nitrogen and oxygen atoms in total. The van der Waals surface area contributed by atoms with Crippen molar-refractivity contribution in [1.29, 1.82) is 0 Å². The van der Waals surface area contributed by atoms with Gasteiger partial charge in [0.25, 0.3) is 0 Å². The first kappa shape index (κ1) is 16.4. The predicted molar refractivity (Wildman–Crippen MR) is 85.1 cm³/mol. The fourth-order valence-electron chi connectivity index (χ4n) is 2.53. The van der Waals surface area contributed by atoms with Crippen molar-refractivity contribution < 1.29 is 9.47 Å². The average molecular weight is 292 g/mol. The van der Waals surface area contributed by atoms with E-state index >= 15 is 0 Å². The van der Waals surface area contributed by atoms with Crippen molar-refractivity contribution in [1.82, 2.24) is 4.90 Å². The highest BCUT2D eigenvalue weighted by molar-refractivity contribution is 5.26. The van der Waals surface area contributed by atoms with E-state index in [1.54, 1.807) is 7.11 Å². The standard InChI is InChI=1S/C17H28N2O2/c1-19(8-9-21-13-14-6-7-14)17(11-18)16-5-3-4-15(10-16)12-20-2/h3-5,10,14,17H,6-9,11-13,18H2,1-2H3. The molecule has 0 heterocycles. The van der Waals surface area contributed by atoms with Crippen LogP contribution >= 0.6 is 0 Å². The second-order valence-electron chi connectivity index (χ2n) is 5.93. The van der Waals surface area contributed by atoms with Gasteiger partial charge < -0.3 is 15.2 Å². The van der Waals surface area contributed by atoms with E-state index in [0.717, 1.165) is 25.7 Å². The van der Waals surface area contributed by atoms with E-state index < -0.39 is 0 Å². The number of rotatable bonds is 10. The summed E-state index contributed by atoms with van der Waals surface area (Å²) in [5.74, 6) is 0.825. The van der Waals surface area contributed by atoms with Crippen LogP contribution in [0.1, 0.15) is 30.0 Å². The number of hydrogen-bond donors (Lipinski definition) is 1. The Morgan fingerprint density at radius 3 is 2.86 bits per heavy atom. The second kappa shape index (κ2) is 8.49. The molecule has 0 aromatic heterocycles. The van der Waals surface area contributed by atoms with E-state index in [1.807, 2.05) is 0 Å². The monoisotopic (exact) mass is 292 g/mol. The van der Waals surface area contributed by atoms with Crippen LogP contribution in [0.25, 0.3) is 0 Å². The predicted octanol–water partition coefficient (Wildman–Crippen LogP) is 2.19. The minimum atomic E-state index is 0.228. The van der Waals surface area contributed by atoms with Gasteiger partial charge in [0.2, 0.25) is 0 Å². The molecule has 1 aromatic carbocycles. The van der Waals surface area contributed by atoms with Crippen molar-refractivity contribution in [3.05, 3.63) is 35.4 Å². The van der Waals surface area contributed by atoms with Crippen molar-refractivity contribution >= 4 is 0 Å². The van der Waals surface area contributed by atoms with E-state index in [4.69, 9.17) is 15.2 Å². The maximum Gasteiger partial charge on any atom is 0.0713 e. The molecule has 4 heteroatoms. The number of nitrogens with two attached hydrogens (primary N) is 1. The molecule has 1 aliphatic rings. The summed E-state index contributed by atoms with van der Waals surface area (Å²) in [5, 5.41) is 0. The van der Waals surface area contributed by atoms with Gasteiger partial charge in [-0.15, -0.1) is 0 Å². The first-order chi connectivity index (χ1) is 10.2. The smallest absolute Gasteiger partial charge is 0.0713 e. The molecule has 1 fully saturated rings. The Morgan fingerprint density at radius 1 is 1.38 bits per heavy atom. The van der Waals surface area contributed by atoms with Gasteiger partial charge in [-0.1, -0.05) is 24.3 Å². The molecule has 1 unspecified atom stereocenters. The Balaban J connectivity index is 1.85. The van der Waals surface area contributed by atoms with Crippen LogP contribution in [0.4, 0.5) is 0 Å². The molecule has 1 aromatic rings. The summed E-state index contributed by atoms with van der Waals surface area (Å²) < 4.78 is 10.9. The van der Waals surface area contributed by atoms with Gasteiger partial charge in [-0.3, -0.25) is 4.90 Å². The third kappa shape index (κ3) is 5.40. The first-order valence-corrected chi connectivity index (χ1v) is 7.80. The number of methoxy groups -OCH3 is 1. The van der Waals surface area contributed by atoms with Gasteiger partial charge in [0, 0.05) is 32.8 Å².